The van der Waals surface area contributed by atoms with Gasteiger partial charge in [-0.05, 0) is 36.8 Å². The molecule has 0 saturated carbocycles. The Balaban J connectivity index is 1.73. The topological polar surface area (TPSA) is 81.3 Å². The molecule has 0 radical (unpaired) electrons. The molecule has 1 aromatic heterocycles. The quantitative estimate of drug-likeness (QED) is 0.734. The molecule has 0 saturated heterocycles. The van der Waals surface area contributed by atoms with Gasteiger partial charge in [0.1, 0.15) is 35.4 Å². The molecule has 0 spiro atoms. The molecule has 28 heavy (non-hydrogen) atoms. The van der Waals surface area contributed by atoms with Gasteiger partial charge in [-0.3, -0.25) is 4.79 Å². The molecule has 6 nitrogen and oxygen atoms in total. The predicted molar refractivity (Wildman–Crippen MR) is 100 cm³/mol. The third-order valence-electron chi connectivity index (χ3n) is 4.48. The molecule has 8 heteroatoms. The van der Waals surface area contributed by atoms with E-state index in [9.17, 15) is 13.6 Å². The highest BCUT2D eigenvalue weighted by atomic mass is 19.1. The Morgan fingerprint density at radius 1 is 1.07 bits per heavy atom. The summed E-state index contributed by atoms with van der Waals surface area (Å²) in [6.45, 7) is 2.05. The molecule has 0 aliphatic carbocycles. The van der Waals surface area contributed by atoms with E-state index in [0.29, 0.717) is 11.3 Å². The molecule has 0 fully saturated rings. The number of ether oxygens (including phenoxy) is 1. The molecule has 3 aromatic rings. The Bertz CT molecular complexity index is 1040. The van der Waals surface area contributed by atoms with Gasteiger partial charge in [-0.15, -0.1) is 0 Å². The van der Waals surface area contributed by atoms with Gasteiger partial charge in [-0.25, -0.2) is 18.7 Å². The Labute approximate surface area is 159 Å². The molecule has 142 valence electrons. The van der Waals surface area contributed by atoms with Crippen molar-refractivity contribution in [3.63, 3.8) is 0 Å². The summed E-state index contributed by atoms with van der Waals surface area (Å²) in [5.41, 5.74) is 6.75. The zero-order chi connectivity index (χ0) is 19.8. The highest BCUT2D eigenvalue weighted by Gasteiger charge is 2.31. The van der Waals surface area contributed by atoms with Crippen molar-refractivity contribution >= 4 is 17.4 Å². The number of halogens is 2. The predicted octanol–water partition coefficient (Wildman–Crippen LogP) is 3.43. The summed E-state index contributed by atoms with van der Waals surface area (Å²) in [7, 11) is 0. The minimum Gasteiger partial charge on any atom is -0.472 e. The molecule has 1 aliphatic heterocycles. The summed E-state index contributed by atoms with van der Waals surface area (Å²) in [6.07, 6.45) is 0.893. The van der Waals surface area contributed by atoms with Gasteiger partial charge in [0.05, 0.1) is 12.1 Å². The fourth-order valence-electron chi connectivity index (χ4n) is 3.18. The summed E-state index contributed by atoms with van der Waals surface area (Å²) in [5, 5.41) is 0. The van der Waals surface area contributed by atoms with Gasteiger partial charge in [-0.1, -0.05) is 18.2 Å². The molecule has 2 aromatic carbocycles. The number of hydrogen-bond donors (Lipinski definition) is 1. The van der Waals surface area contributed by atoms with E-state index < -0.39 is 17.5 Å². The lowest BCUT2D eigenvalue weighted by Gasteiger charge is -2.22. The zero-order valence-corrected chi connectivity index (χ0v) is 14.9. The van der Waals surface area contributed by atoms with Crippen molar-refractivity contribution in [1.29, 1.82) is 0 Å². The summed E-state index contributed by atoms with van der Waals surface area (Å²) in [5.74, 6) is -1.54. The Kier molecular flexibility index (Phi) is 4.38. The Morgan fingerprint density at radius 2 is 1.75 bits per heavy atom. The average Bonchev–Trinajstić information content (AvgIpc) is 2.79. The first-order valence-electron chi connectivity index (χ1n) is 8.59. The molecule has 4 rings (SSSR count). The fraction of sp³-hybridized carbons (Fsp3) is 0.150. The highest BCUT2D eigenvalue weighted by molar-refractivity contribution is 6.10. The van der Waals surface area contributed by atoms with Crippen LogP contribution in [0.2, 0.25) is 0 Å². The second kappa shape index (κ2) is 6.88. The lowest BCUT2D eigenvalue weighted by atomic mass is 10.0. The van der Waals surface area contributed by atoms with Gasteiger partial charge in [0.2, 0.25) is 5.88 Å². The van der Waals surface area contributed by atoms with Gasteiger partial charge >= 0.3 is 0 Å². The number of carbonyl (C=O) groups is 1. The Hall–Kier alpha value is -3.55. The van der Waals surface area contributed by atoms with Crippen LogP contribution in [0.25, 0.3) is 11.1 Å². The molecule has 0 unspecified atom stereocenters. The molecule has 0 bridgehead atoms. The van der Waals surface area contributed by atoms with Gasteiger partial charge in [0, 0.05) is 5.69 Å². The zero-order valence-electron chi connectivity index (χ0n) is 14.9. The molecule has 2 heterocycles. The van der Waals surface area contributed by atoms with Crippen LogP contribution in [0.3, 0.4) is 0 Å². The summed E-state index contributed by atoms with van der Waals surface area (Å²) in [4.78, 5) is 22.4. The van der Waals surface area contributed by atoms with Crippen LogP contribution in [-0.4, -0.2) is 28.5 Å². The number of carbonyl (C=O) groups excluding carboxylic acids is 1. The van der Waals surface area contributed by atoms with Gasteiger partial charge in [-0.2, -0.15) is 0 Å². The van der Waals surface area contributed by atoms with Gasteiger partial charge in [0.15, 0.2) is 0 Å². The van der Waals surface area contributed by atoms with Crippen molar-refractivity contribution < 1.29 is 18.3 Å². The first kappa shape index (κ1) is 17.8. The van der Waals surface area contributed by atoms with E-state index in [2.05, 4.69) is 9.97 Å². The van der Waals surface area contributed by atoms with Crippen LogP contribution >= 0.6 is 0 Å². The number of fused-ring (bicyclic) bond motifs is 1. The number of nitrogens with two attached hydrogens (primary N) is 1. The second-order valence-electron chi connectivity index (χ2n) is 6.43. The minimum absolute atomic E-state index is 0.0270. The lowest BCUT2D eigenvalue weighted by molar-refractivity contribution is 0.0988. The second-order valence-corrected chi connectivity index (χ2v) is 6.43. The number of rotatable bonds is 2. The van der Waals surface area contributed by atoms with E-state index >= 15 is 0 Å². The summed E-state index contributed by atoms with van der Waals surface area (Å²) in [6, 6.07) is 10.1. The standard InChI is InChI=1S/C20H16F2N4O2/c1-11-9-26(20(27)17-18(23)24-10-25-19(17)28-11)13-7-5-12(6-8-13)16-14(21)3-2-4-15(16)22/h2-8,10-11H,9H2,1H3,(H2,23,24,25)/t11-/m1/s1. The summed E-state index contributed by atoms with van der Waals surface area (Å²) < 4.78 is 33.7. The number of nitrogen functional groups attached to an aromatic ring is 1. The van der Waals surface area contributed by atoms with E-state index in [1.165, 1.54) is 29.4 Å². The minimum atomic E-state index is -0.653. The number of aromatic nitrogens is 2. The normalized spacial score (nSPS) is 16.3. The van der Waals surface area contributed by atoms with E-state index in [1.807, 2.05) is 0 Å². The van der Waals surface area contributed by atoms with Crippen LogP contribution in [-0.2, 0) is 0 Å². The molecule has 1 aliphatic rings. The van der Waals surface area contributed by atoms with Crippen molar-refractivity contribution in [1.82, 2.24) is 9.97 Å². The number of hydrogen-bond acceptors (Lipinski definition) is 5. The van der Waals surface area contributed by atoms with Crippen LogP contribution in [0, 0.1) is 11.6 Å². The molecular weight excluding hydrogens is 366 g/mol. The van der Waals surface area contributed by atoms with Crippen LogP contribution in [0.15, 0.2) is 48.8 Å². The molecular formula is C20H16F2N4O2. The van der Waals surface area contributed by atoms with Crippen molar-refractivity contribution in [2.75, 3.05) is 17.2 Å². The van der Waals surface area contributed by atoms with E-state index in [0.717, 1.165) is 0 Å². The number of nitrogens with zero attached hydrogens (tertiary/aromatic N) is 3. The maximum atomic E-state index is 14.0. The highest BCUT2D eigenvalue weighted by Crippen LogP contribution is 2.31. The van der Waals surface area contributed by atoms with Gasteiger partial charge in [0.25, 0.3) is 5.91 Å². The third-order valence-corrected chi connectivity index (χ3v) is 4.48. The maximum absolute atomic E-state index is 14.0. The molecule has 2 N–H and O–H groups in total. The number of amides is 1. The van der Waals surface area contributed by atoms with Crippen LogP contribution in [0.1, 0.15) is 17.3 Å². The first-order chi connectivity index (χ1) is 13.5. The maximum Gasteiger partial charge on any atom is 0.267 e. The van der Waals surface area contributed by atoms with Crippen molar-refractivity contribution in [3.8, 4) is 17.0 Å². The smallest absolute Gasteiger partial charge is 0.267 e. The van der Waals surface area contributed by atoms with Crippen molar-refractivity contribution in [3.05, 3.63) is 66.0 Å². The van der Waals surface area contributed by atoms with Crippen molar-refractivity contribution in [2.45, 2.75) is 13.0 Å². The number of anilines is 2. The van der Waals surface area contributed by atoms with Crippen LogP contribution in [0.5, 0.6) is 5.88 Å². The fourth-order valence-corrected chi connectivity index (χ4v) is 3.18. The van der Waals surface area contributed by atoms with E-state index in [1.54, 1.807) is 31.2 Å². The van der Waals surface area contributed by atoms with E-state index in [-0.39, 0.29) is 35.5 Å². The SMILES string of the molecule is C[C@@H]1CN(c2ccc(-c3c(F)cccc3F)cc2)C(=O)c2c(N)ncnc2O1. The largest absolute Gasteiger partial charge is 0.472 e. The number of benzene rings is 2. The average molecular weight is 382 g/mol. The van der Waals surface area contributed by atoms with E-state index in [4.69, 9.17) is 10.5 Å². The van der Waals surface area contributed by atoms with Crippen molar-refractivity contribution in [2.24, 2.45) is 0 Å². The van der Waals surface area contributed by atoms with Crippen LogP contribution < -0.4 is 15.4 Å². The molecule has 1 amide bonds. The lowest BCUT2D eigenvalue weighted by Crippen LogP contribution is -2.36. The van der Waals surface area contributed by atoms with Gasteiger partial charge < -0.3 is 15.4 Å². The third kappa shape index (κ3) is 3.02. The summed E-state index contributed by atoms with van der Waals surface area (Å²) >= 11 is 0. The monoisotopic (exact) mass is 382 g/mol. The molecule has 1 atom stereocenters. The first-order valence-corrected chi connectivity index (χ1v) is 8.59. The Morgan fingerprint density at radius 3 is 2.43 bits per heavy atom. The van der Waals surface area contributed by atoms with Crippen LogP contribution in [0.4, 0.5) is 20.3 Å².